The number of carbonyl (C=O) groups excluding carboxylic acids is 2. The lowest BCUT2D eigenvalue weighted by Gasteiger charge is -2.43. The van der Waals surface area contributed by atoms with Crippen LogP contribution < -0.4 is 9.80 Å². The number of halogens is 3. The summed E-state index contributed by atoms with van der Waals surface area (Å²) in [5.41, 5.74) is 2.17. The number of rotatable bonds is 4. The van der Waals surface area contributed by atoms with Crippen LogP contribution in [-0.2, 0) is 11.0 Å². The number of thiophene rings is 1. The van der Waals surface area contributed by atoms with Crippen molar-refractivity contribution in [3.05, 3.63) is 82.0 Å². The Bertz CT molecular complexity index is 1160. The zero-order valence-electron chi connectivity index (χ0n) is 18.2. The van der Waals surface area contributed by atoms with Gasteiger partial charge in [0.25, 0.3) is 5.91 Å². The summed E-state index contributed by atoms with van der Waals surface area (Å²) in [6, 6.07) is 18.2. The summed E-state index contributed by atoms with van der Waals surface area (Å²) < 4.78 is 39.2. The van der Waals surface area contributed by atoms with E-state index in [4.69, 9.17) is 0 Å². The summed E-state index contributed by atoms with van der Waals surface area (Å²) in [5, 5.41) is 0. The van der Waals surface area contributed by atoms with Gasteiger partial charge in [-0.05, 0) is 49.2 Å². The zero-order valence-corrected chi connectivity index (χ0v) is 19.0. The average Bonchev–Trinajstić information content (AvgIpc) is 3.31. The summed E-state index contributed by atoms with van der Waals surface area (Å²) in [5.74, 6) is -0.511. The van der Waals surface area contributed by atoms with E-state index in [1.807, 2.05) is 49.4 Å². The molecule has 0 bridgehead atoms. The molecular formula is C25H23F3N2O2S. The number of para-hydroxylation sites is 2. The monoisotopic (exact) mass is 472 g/mol. The van der Waals surface area contributed by atoms with Gasteiger partial charge in [-0.2, -0.15) is 13.2 Å². The van der Waals surface area contributed by atoms with E-state index in [9.17, 15) is 22.8 Å². The fourth-order valence-corrected chi connectivity index (χ4v) is 5.13. The molecule has 8 heteroatoms. The van der Waals surface area contributed by atoms with Gasteiger partial charge in [0.05, 0.1) is 10.9 Å². The van der Waals surface area contributed by atoms with Crippen LogP contribution >= 0.6 is 11.3 Å². The van der Waals surface area contributed by atoms with Crippen molar-refractivity contribution < 1.29 is 22.8 Å². The molecular weight excluding hydrogens is 449 g/mol. The van der Waals surface area contributed by atoms with Crippen LogP contribution in [0.5, 0.6) is 0 Å². The smallest absolute Gasteiger partial charge is 0.305 e. The maximum atomic E-state index is 13.3. The fourth-order valence-electron chi connectivity index (χ4n) is 4.32. The van der Waals surface area contributed by atoms with Crippen molar-refractivity contribution in [2.75, 3.05) is 9.80 Å². The van der Waals surface area contributed by atoms with Crippen LogP contribution in [0.4, 0.5) is 24.5 Å². The highest BCUT2D eigenvalue weighted by atomic mass is 32.1. The highest BCUT2D eigenvalue weighted by Gasteiger charge is 2.40. The van der Waals surface area contributed by atoms with Crippen molar-refractivity contribution >= 4 is 34.5 Å². The number of fused-ring (bicyclic) bond motifs is 1. The largest absolute Gasteiger partial charge is 0.425 e. The van der Waals surface area contributed by atoms with E-state index in [0.29, 0.717) is 29.9 Å². The van der Waals surface area contributed by atoms with Crippen molar-refractivity contribution in [2.45, 2.75) is 44.9 Å². The summed E-state index contributed by atoms with van der Waals surface area (Å²) in [6.07, 6.45) is -3.71. The van der Waals surface area contributed by atoms with Crippen molar-refractivity contribution in [3.63, 3.8) is 0 Å². The van der Waals surface area contributed by atoms with Crippen LogP contribution in [0.3, 0.4) is 0 Å². The van der Waals surface area contributed by atoms with Crippen LogP contribution in [-0.4, -0.2) is 17.9 Å². The lowest BCUT2D eigenvalue weighted by Crippen LogP contribution is -2.47. The fraction of sp³-hybridized carbons (Fsp3) is 0.280. The lowest BCUT2D eigenvalue weighted by atomic mass is 9.89. The first-order valence-corrected chi connectivity index (χ1v) is 11.5. The van der Waals surface area contributed by atoms with Crippen LogP contribution in [0.2, 0.25) is 0 Å². The second kappa shape index (κ2) is 9.02. The molecule has 3 aromatic rings. The predicted octanol–water partition coefficient (Wildman–Crippen LogP) is 6.69. The molecule has 2 heterocycles. The minimum Gasteiger partial charge on any atom is -0.305 e. The molecule has 1 aliphatic heterocycles. The maximum Gasteiger partial charge on any atom is 0.425 e. The lowest BCUT2D eigenvalue weighted by molar-refractivity contribution is -0.134. The van der Waals surface area contributed by atoms with Crippen molar-refractivity contribution in [1.29, 1.82) is 0 Å². The molecule has 2 aromatic carbocycles. The molecule has 33 heavy (non-hydrogen) atoms. The molecule has 172 valence electrons. The number of nitrogens with zero attached hydrogens (tertiary/aromatic N) is 2. The van der Waals surface area contributed by atoms with E-state index in [0.717, 1.165) is 17.3 Å². The second-order valence-electron chi connectivity index (χ2n) is 7.95. The third-order valence-corrected chi connectivity index (χ3v) is 6.91. The van der Waals surface area contributed by atoms with Gasteiger partial charge in [0.2, 0.25) is 5.91 Å². The Kier molecular flexibility index (Phi) is 6.30. The van der Waals surface area contributed by atoms with Gasteiger partial charge < -0.3 is 9.80 Å². The summed E-state index contributed by atoms with van der Waals surface area (Å²) >= 11 is 0.450. The Labute approximate surface area is 194 Å². The number of carbonyl (C=O) groups is 2. The number of hydrogen-bond acceptors (Lipinski definition) is 3. The highest BCUT2D eigenvalue weighted by molar-refractivity contribution is 7.14. The van der Waals surface area contributed by atoms with E-state index in [1.165, 1.54) is 6.07 Å². The molecule has 2 atom stereocenters. The molecule has 0 aliphatic carbocycles. The summed E-state index contributed by atoms with van der Waals surface area (Å²) in [4.78, 5) is 28.9. The Morgan fingerprint density at radius 3 is 2.33 bits per heavy atom. The molecule has 0 radical (unpaired) electrons. The zero-order chi connectivity index (χ0) is 23.8. The Morgan fingerprint density at radius 1 is 1.03 bits per heavy atom. The molecule has 0 N–H and O–H groups in total. The number of amides is 2. The van der Waals surface area contributed by atoms with E-state index in [-0.39, 0.29) is 22.9 Å². The van der Waals surface area contributed by atoms with Gasteiger partial charge in [-0.15, -0.1) is 11.3 Å². The van der Waals surface area contributed by atoms with E-state index < -0.39 is 17.0 Å². The Hall–Kier alpha value is -3.13. The molecule has 1 aliphatic rings. The van der Waals surface area contributed by atoms with Crippen molar-refractivity contribution in [2.24, 2.45) is 0 Å². The van der Waals surface area contributed by atoms with Crippen LogP contribution in [0.15, 0.2) is 66.7 Å². The molecule has 4 nitrogen and oxygen atoms in total. The quantitative estimate of drug-likeness (QED) is 0.424. The van der Waals surface area contributed by atoms with Crippen LogP contribution in [0, 0.1) is 0 Å². The number of alkyl halides is 3. The van der Waals surface area contributed by atoms with Crippen LogP contribution in [0.25, 0.3) is 0 Å². The molecule has 4 rings (SSSR count). The minimum absolute atomic E-state index is 0.0342. The highest BCUT2D eigenvalue weighted by Crippen LogP contribution is 2.43. The van der Waals surface area contributed by atoms with Crippen LogP contribution in [0.1, 0.15) is 52.8 Å². The predicted molar refractivity (Wildman–Crippen MR) is 124 cm³/mol. The SMILES string of the molecule is CCC(=O)N(c1ccccc1)[C@@H]1C[C@H](C)N(C(=O)c2ccc(C(F)(F)F)s2)c2ccccc21. The normalized spacial score (nSPS) is 18.0. The van der Waals surface area contributed by atoms with Gasteiger partial charge in [0.1, 0.15) is 4.88 Å². The van der Waals surface area contributed by atoms with E-state index in [2.05, 4.69) is 0 Å². The molecule has 0 saturated heterocycles. The van der Waals surface area contributed by atoms with Gasteiger partial charge in [0.15, 0.2) is 0 Å². The van der Waals surface area contributed by atoms with Gasteiger partial charge in [0, 0.05) is 23.8 Å². The average molecular weight is 473 g/mol. The standard InChI is InChI=1S/C25H23F3N2O2S/c1-3-23(31)30(17-9-5-4-6-10-17)20-15-16(2)29(19-12-8-7-11-18(19)20)24(32)21-13-14-22(33-21)25(26,27)28/h4-14,16,20H,3,15H2,1-2H3/t16-,20+/m0/s1. The number of benzene rings is 2. The molecule has 1 aromatic heterocycles. The molecule has 0 saturated carbocycles. The van der Waals surface area contributed by atoms with Gasteiger partial charge >= 0.3 is 6.18 Å². The minimum atomic E-state index is -4.49. The molecule has 0 unspecified atom stereocenters. The van der Waals surface area contributed by atoms with E-state index in [1.54, 1.807) is 28.9 Å². The summed E-state index contributed by atoms with van der Waals surface area (Å²) in [7, 11) is 0. The van der Waals surface area contributed by atoms with Crippen molar-refractivity contribution in [1.82, 2.24) is 0 Å². The Balaban J connectivity index is 1.76. The number of anilines is 2. The first-order valence-electron chi connectivity index (χ1n) is 10.7. The molecule has 2 amide bonds. The molecule has 0 fully saturated rings. The first-order chi connectivity index (χ1) is 15.7. The van der Waals surface area contributed by atoms with Gasteiger partial charge in [-0.3, -0.25) is 9.59 Å². The van der Waals surface area contributed by atoms with Gasteiger partial charge in [-0.25, -0.2) is 0 Å². The topological polar surface area (TPSA) is 40.6 Å². The Morgan fingerprint density at radius 2 is 1.70 bits per heavy atom. The number of hydrogen-bond donors (Lipinski definition) is 0. The third-order valence-electron chi connectivity index (χ3n) is 5.79. The molecule has 0 spiro atoms. The third kappa shape index (κ3) is 4.39. The van der Waals surface area contributed by atoms with E-state index >= 15 is 0 Å². The summed E-state index contributed by atoms with van der Waals surface area (Å²) in [6.45, 7) is 3.67. The second-order valence-corrected chi connectivity index (χ2v) is 9.03. The van der Waals surface area contributed by atoms with Gasteiger partial charge in [-0.1, -0.05) is 43.3 Å². The maximum absolute atomic E-state index is 13.3. The van der Waals surface area contributed by atoms with Crippen molar-refractivity contribution in [3.8, 4) is 0 Å². The first kappa shape index (κ1) is 23.0.